The highest BCUT2D eigenvalue weighted by Gasteiger charge is 2.32. The van der Waals surface area contributed by atoms with Crippen LogP contribution in [0.4, 0.5) is 0 Å². The minimum Gasteiger partial charge on any atom is -0.339 e. The third-order valence-electron chi connectivity index (χ3n) is 7.51. The fraction of sp³-hybridized carbons (Fsp3) is 0.242. The molecule has 1 fully saturated rings. The Morgan fingerprint density at radius 2 is 1.32 bits per heavy atom. The SMILES string of the molecule is Cc1ccc(S(=O)(=O)N(CC(=O)N2CCN(C(c3ccccc3)c3ccccc3)CC2)Cc2ccc(Cl)cc2)cc1. The number of halogens is 1. The van der Waals surface area contributed by atoms with E-state index in [9.17, 15) is 13.2 Å². The molecule has 212 valence electrons. The zero-order valence-electron chi connectivity index (χ0n) is 23.1. The largest absolute Gasteiger partial charge is 0.339 e. The van der Waals surface area contributed by atoms with Gasteiger partial charge in [-0.05, 0) is 47.9 Å². The van der Waals surface area contributed by atoms with E-state index in [0.717, 1.165) is 11.1 Å². The Balaban J connectivity index is 1.32. The molecule has 8 heteroatoms. The first kappa shape index (κ1) is 29.0. The molecule has 1 amide bonds. The van der Waals surface area contributed by atoms with Crippen molar-refractivity contribution in [3.8, 4) is 0 Å². The van der Waals surface area contributed by atoms with Crippen molar-refractivity contribution >= 4 is 27.5 Å². The Labute approximate surface area is 247 Å². The Morgan fingerprint density at radius 3 is 1.85 bits per heavy atom. The maximum Gasteiger partial charge on any atom is 0.243 e. The number of amides is 1. The molecule has 0 bridgehead atoms. The second kappa shape index (κ2) is 13.0. The van der Waals surface area contributed by atoms with Gasteiger partial charge in [0.05, 0.1) is 17.5 Å². The molecule has 4 aromatic rings. The molecular formula is C33H34ClN3O3S. The van der Waals surface area contributed by atoms with Gasteiger partial charge in [-0.25, -0.2) is 8.42 Å². The van der Waals surface area contributed by atoms with Gasteiger partial charge in [-0.1, -0.05) is 102 Å². The van der Waals surface area contributed by atoms with Crippen LogP contribution in [0.1, 0.15) is 28.3 Å². The predicted octanol–water partition coefficient (Wildman–Crippen LogP) is 5.77. The van der Waals surface area contributed by atoms with E-state index in [1.807, 2.05) is 19.1 Å². The molecule has 0 radical (unpaired) electrons. The number of sulfonamides is 1. The quantitative estimate of drug-likeness (QED) is 0.249. The van der Waals surface area contributed by atoms with Crippen molar-refractivity contribution in [1.82, 2.24) is 14.1 Å². The van der Waals surface area contributed by atoms with Gasteiger partial charge in [-0.3, -0.25) is 9.69 Å². The number of carbonyl (C=O) groups is 1. The summed E-state index contributed by atoms with van der Waals surface area (Å²) in [5.41, 5.74) is 4.14. The molecule has 0 saturated carbocycles. The number of benzene rings is 4. The summed E-state index contributed by atoms with van der Waals surface area (Å²) in [6.45, 7) is 4.15. The molecule has 41 heavy (non-hydrogen) atoms. The van der Waals surface area contributed by atoms with Crippen LogP contribution in [0.25, 0.3) is 0 Å². The van der Waals surface area contributed by atoms with Crippen molar-refractivity contribution in [1.29, 1.82) is 0 Å². The number of carbonyl (C=O) groups excluding carboxylic acids is 1. The number of hydrogen-bond acceptors (Lipinski definition) is 4. The van der Waals surface area contributed by atoms with Crippen LogP contribution >= 0.6 is 11.6 Å². The average molecular weight is 588 g/mol. The maximum atomic E-state index is 13.7. The second-order valence-corrected chi connectivity index (χ2v) is 12.7. The lowest BCUT2D eigenvalue weighted by Gasteiger charge is -2.40. The lowest BCUT2D eigenvalue weighted by molar-refractivity contribution is -0.133. The monoisotopic (exact) mass is 587 g/mol. The van der Waals surface area contributed by atoms with Crippen LogP contribution in [-0.4, -0.2) is 61.2 Å². The van der Waals surface area contributed by atoms with Gasteiger partial charge >= 0.3 is 0 Å². The van der Waals surface area contributed by atoms with Crippen molar-refractivity contribution in [2.45, 2.75) is 24.4 Å². The molecule has 1 saturated heterocycles. The van der Waals surface area contributed by atoms with Crippen molar-refractivity contribution in [3.05, 3.63) is 136 Å². The number of piperazine rings is 1. The molecule has 4 aromatic carbocycles. The van der Waals surface area contributed by atoms with Gasteiger partial charge in [0.25, 0.3) is 0 Å². The average Bonchev–Trinajstić information content (AvgIpc) is 3.00. The molecule has 1 aliphatic heterocycles. The van der Waals surface area contributed by atoms with Crippen LogP contribution in [0.2, 0.25) is 5.02 Å². The summed E-state index contributed by atoms with van der Waals surface area (Å²) in [7, 11) is -3.91. The summed E-state index contributed by atoms with van der Waals surface area (Å²) in [6, 6.07) is 34.6. The Hall–Kier alpha value is -3.49. The van der Waals surface area contributed by atoms with E-state index in [4.69, 9.17) is 11.6 Å². The Bertz CT molecular complexity index is 1500. The summed E-state index contributed by atoms with van der Waals surface area (Å²) >= 11 is 6.05. The molecule has 0 N–H and O–H groups in total. The molecule has 0 unspecified atom stereocenters. The number of aryl methyl sites for hydroxylation is 1. The molecule has 6 nitrogen and oxygen atoms in total. The number of hydrogen-bond donors (Lipinski definition) is 0. The highest BCUT2D eigenvalue weighted by molar-refractivity contribution is 7.89. The van der Waals surface area contributed by atoms with Crippen molar-refractivity contribution in [2.24, 2.45) is 0 Å². The highest BCUT2D eigenvalue weighted by Crippen LogP contribution is 2.29. The Kier molecular flexibility index (Phi) is 9.20. The normalized spacial score (nSPS) is 14.5. The first-order chi connectivity index (χ1) is 19.8. The zero-order chi connectivity index (χ0) is 28.8. The molecule has 5 rings (SSSR count). The lowest BCUT2D eigenvalue weighted by Crippen LogP contribution is -2.52. The molecule has 1 aliphatic rings. The van der Waals surface area contributed by atoms with E-state index in [0.29, 0.717) is 31.2 Å². The van der Waals surface area contributed by atoms with Gasteiger partial charge in [0, 0.05) is 37.7 Å². The van der Waals surface area contributed by atoms with Gasteiger partial charge in [0.2, 0.25) is 15.9 Å². The fourth-order valence-corrected chi connectivity index (χ4v) is 6.75. The molecule has 0 aliphatic carbocycles. The first-order valence-corrected chi connectivity index (χ1v) is 15.6. The van der Waals surface area contributed by atoms with E-state index in [1.165, 1.54) is 15.4 Å². The predicted molar refractivity (Wildman–Crippen MR) is 163 cm³/mol. The molecule has 0 atom stereocenters. The maximum absolute atomic E-state index is 13.7. The standard InChI is InChI=1S/C33H34ClN3O3S/c1-26-12-18-31(19-13-26)41(39,40)37(24-27-14-16-30(34)17-15-27)25-32(38)35-20-22-36(23-21-35)33(28-8-4-2-5-9-28)29-10-6-3-7-11-29/h2-19,33H,20-25H2,1H3. The molecule has 0 aromatic heterocycles. The Morgan fingerprint density at radius 1 is 0.780 bits per heavy atom. The summed E-state index contributed by atoms with van der Waals surface area (Å²) in [5.74, 6) is -0.203. The van der Waals surface area contributed by atoms with Gasteiger partial charge < -0.3 is 4.90 Å². The van der Waals surface area contributed by atoms with E-state index >= 15 is 0 Å². The van der Waals surface area contributed by atoms with E-state index in [2.05, 4.69) is 53.4 Å². The van der Waals surface area contributed by atoms with E-state index in [1.54, 1.807) is 53.4 Å². The topological polar surface area (TPSA) is 60.9 Å². The van der Waals surface area contributed by atoms with Gasteiger partial charge in [0.15, 0.2) is 0 Å². The number of rotatable bonds is 9. The third-order valence-corrected chi connectivity index (χ3v) is 9.56. The van der Waals surface area contributed by atoms with E-state index < -0.39 is 10.0 Å². The molecule has 1 heterocycles. The third kappa shape index (κ3) is 7.05. The van der Waals surface area contributed by atoms with Gasteiger partial charge in [-0.2, -0.15) is 4.31 Å². The summed E-state index contributed by atoms with van der Waals surface area (Å²) in [6.07, 6.45) is 0. The summed E-state index contributed by atoms with van der Waals surface area (Å²) in [5, 5.41) is 0.569. The van der Waals surface area contributed by atoms with Crippen LogP contribution in [0, 0.1) is 6.92 Å². The van der Waals surface area contributed by atoms with Gasteiger partial charge in [0.1, 0.15) is 0 Å². The van der Waals surface area contributed by atoms with Gasteiger partial charge in [-0.15, -0.1) is 0 Å². The second-order valence-electron chi connectivity index (χ2n) is 10.4. The van der Waals surface area contributed by atoms with Crippen LogP contribution in [0.15, 0.2) is 114 Å². The van der Waals surface area contributed by atoms with Crippen LogP contribution < -0.4 is 0 Å². The molecular weight excluding hydrogens is 554 g/mol. The van der Waals surface area contributed by atoms with E-state index in [-0.39, 0.29) is 29.9 Å². The van der Waals surface area contributed by atoms with Crippen molar-refractivity contribution in [3.63, 3.8) is 0 Å². The molecule has 0 spiro atoms. The van der Waals surface area contributed by atoms with Crippen LogP contribution in [-0.2, 0) is 21.4 Å². The first-order valence-electron chi connectivity index (χ1n) is 13.7. The van der Waals surface area contributed by atoms with Crippen LogP contribution in [0.3, 0.4) is 0 Å². The zero-order valence-corrected chi connectivity index (χ0v) is 24.6. The summed E-state index contributed by atoms with van der Waals surface area (Å²) < 4.78 is 28.7. The van der Waals surface area contributed by atoms with Crippen molar-refractivity contribution in [2.75, 3.05) is 32.7 Å². The fourth-order valence-electron chi connectivity index (χ4n) is 5.24. The minimum atomic E-state index is -3.91. The highest BCUT2D eigenvalue weighted by atomic mass is 35.5. The smallest absolute Gasteiger partial charge is 0.243 e. The minimum absolute atomic E-state index is 0.0726. The van der Waals surface area contributed by atoms with Crippen LogP contribution in [0.5, 0.6) is 0 Å². The lowest BCUT2D eigenvalue weighted by atomic mass is 9.96. The number of nitrogens with zero attached hydrogens (tertiary/aromatic N) is 3. The summed E-state index contributed by atoms with van der Waals surface area (Å²) in [4.78, 5) is 17.9. The van der Waals surface area contributed by atoms with Crippen molar-refractivity contribution < 1.29 is 13.2 Å².